The van der Waals surface area contributed by atoms with E-state index in [1.165, 1.54) is 20.5 Å². The molecule has 7 heteroatoms. The van der Waals surface area contributed by atoms with Crippen LogP contribution < -0.4 is 0 Å². The van der Waals surface area contributed by atoms with Gasteiger partial charge in [0, 0.05) is 50.1 Å². The molecule has 0 aliphatic carbocycles. The number of nitrogens with zero attached hydrogens (tertiary/aromatic N) is 4. The van der Waals surface area contributed by atoms with Gasteiger partial charge in [-0.3, -0.25) is 9.97 Å². The summed E-state index contributed by atoms with van der Waals surface area (Å²) >= 11 is 1.81. The van der Waals surface area contributed by atoms with Crippen LogP contribution in [0.5, 0.6) is 0 Å². The highest BCUT2D eigenvalue weighted by Gasteiger charge is 2.17. The summed E-state index contributed by atoms with van der Waals surface area (Å²) in [5, 5.41) is 3.41. The molecular formula is C30H26N6S. The third-order valence-corrected chi connectivity index (χ3v) is 8.14. The molecule has 37 heavy (non-hydrogen) atoms. The SMILES string of the molecule is CC(C)c1ncc(-c2ccc3cc(-c4ccc5c(c4)c4nccnc4c4[nH]c(C(C)C)nc54)sc3c2)[nH]1. The normalized spacial score (nSPS) is 12.3. The van der Waals surface area contributed by atoms with E-state index in [0.29, 0.717) is 11.8 Å². The third-order valence-electron chi connectivity index (χ3n) is 6.99. The maximum atomic E-state index is 4.95. The van der Waals surface area contributed by atoms with Gasteiger partial charge < -0.3 is 9.97 Å². The molecule has 0 atom stereocenters. The molecule has 0 aliphatic heterocycles. The van der Waals surface area contributed by atoms with Crippen LogP contribution in [0.1, 0.15) is 51.2 Å². The Morgan fingerprint density at radius 3 is 2.27 bits per heavy atom. The van der Waals surface area contributed by atoms with Crippen LogP contribution in [0.3, 0.4) is 0 Å². The highest BCUT2D eigenvalue weighted by Crippen LogP contribution is 2.39. The summed E-state index contributed by atoms with van der Waals surface area (Å²) in [5.41, 5.74) is 7.06. The Kier molecular flexibility index (Phi) is 4.91. The fourth-order valence-electron chi connectivity index (χ4n) is 4.97. The first-order valence-corrected chi connectivity index (χ1v) is 13.4. The van der Waals surface area contributed by atoms with Gasteiger partial charge in [-0.25, -0.2) is 9.97 Å². The number of thiophene rings is 1. The van der Waals surface area contributed by atoms with E-state index in [2.05, 4.69) is 90.1 Å². The average Bonchev–Trinajstić information content (AvgIpc) is 3.66. The second kappa shape index (κ2) is 8.21. The molecule has 4 heterocycles. The average molecular weight is 503 g/mol. The second-order valence-corrected chi connectivity index (χ2v) is 11.3. The summed E-state index contributed by atoms with van der Waals surface area (Å²) in [7, 11) is 0. The number of nitrogens with one attached hydrogen (secondary N) is 2. The number of aromatic nitrogens is 6. The predicted molar refractivity (Wildman–Crippen MR) is 153 cm³/mol. The van der Waals surface area contributed by atoms with Crippen LogP contribution in [0, 0.1) is 0 Å². The van der Waals surface area contributed by atoms with Gasteiger partial charge in [0.2, 0.25) is 0 Å². The lowest BCUT2D eigenvalue weighted by atomic mass is 10.0. The van der Waals surface area contributed by atoms with Crippen LogP contribution in [0.2, 0.25) is 0 Å². The molecule has 0 spiro atoms. The minimum absolute atomic E-state index is 0.301. The van der Waals surface area contributed by atoms with E-state index in [1.54, 1.807) is 23.7 Å². The maximum absolute atomic E-state index is 4.95. The van der Waals surface area contributed by atoms with Crippen LogP contribution in [0.15, 0.2) is 61.1 Å². The van der Waals surface area contributed by atoms with Crippen LogP contribution in [0.4, 0.5) is 0 Å². The molecule has 0 saturated carbocycles. The van der Waals surface area contributed by atoms with E-state index in [1.807, 2.05) is 6.20 Å². The highest BCUT2D eigenvalue weighted by atomic mass is 32.1. The largest absolute Gasteiger partial charge is 0.342 e. The van der Waals surface area contributed by atoms with Crippen molar-refractivity contribution in [3.05, 3.63) is 72.7 Å². The molecule has 0 saturated heterocycles. The number of fused-ring (bicyclic) bond motifs is 7. The van der Waals surface area contributed by atoms with Gasteiger partial charge in [-0.2, -0.15) is 0 Å². The molecule has 182 valence electrons. The Balaban J connectivity index is 1.38. The first-order valence-electron chi connectivity index (χ1n) is 12.6. The number of hydrogen-bond donors (Lipinski definition) is 2. The zero-order valence-electron chi connectivity index (χ0n) is 21.1. The Labute approximate surface area is 217 Å². The van der Waals surface area contributed by atoms with Crippen molar-refractivity contribution in [1.29, 1.82) is 0 Å². The van der Waals surface area contributed by atoms with E-state index in [4.69, 9.17) is 9.97 Å². The molecule has 0 unspecified atom stereocenters. The number of H-pyrrole nitrogens is 2. The highest BCUT2D eigenvalue weighted by molar-refractivity contribution is 7.22. The second-order valence-electron chi connectivity index (χ2n) is 10.2. The summed E-state index contributed by atoms with van der Waals surface area (Å²) < 4.78 is 1.25. The number of benzene rings is 3. The Bertz CT molecular complexity index is 1960. The van der Waals surface area contributed by atoms with E-state index < -0.39 is 0 Å². The first-order chi connectivity index (χ1) is 18.0. The van der Waals surface area contributed by atoms with Crippen molar-refractivity contribution >= 4 is 54.3 Å². The van der Waals surface area contributed by atoms with Gasteiger partial charge in [0.25, 0.3) is 0 Å². The van der Waals surface area contributed by atoms with Crippen molar-refractivity contribution in [1.82, 2.24) is 29.9 Å². The number of imidazole rings is 2. The van der Waals surface area contributed by atoms with E-state index in [-0.39, 0.29) is 0 Å². The Morgan fingerprint density at radius 1 is 0.703 bits per heavy atom. The third kappa shape index (κ3) is 3.53. The van der Waals surface area contributed by atoms with E-state index in [0.717, 1.165) is 55.7 Å². The summed E-state index contributed by atoms with van der Waals surface area (Å²) in [4.78, 5) is 27.1. The quantitative estimate of drug-likeness (QED) is 0.238. The van der Waals surface area contributed by atoms with Gasteiger partial charge in [-0.1, -0.05) is 52.0 Å². The first kappa shape index (κ1) is 22.1. The molecule has 0 amide bonds. The summed E-state index contributed by atoms with van der Waals surface area (Å²) in [6.45, 7) is 8.59. The molecule has 0 aliphatic rings. The van der Waals surface area contributed by atoms with Crippen LogP contribution in [0.25, 0.3) is 64.6 Å². The topological polar surface area (TPSA) is 83.1 Å². The lowest BCUT2D eigenvalue weighted by molar-refractivity contribution is 0.795. The molecule has 4 aromatic heterocycles. The minimum Gasteiger partial charge on any atom is -0.342 e. The molecule has 6 nitrogen and oxygen atoms in total. The number of aromatic amines is 2. The minimum atomic E-state index is 0.301. The van der Waals surface area contributed by atoms with Gasteiger partial charge in [0.05, 0.1) is 28.4 Å². The molecule has 2 N–H and O–H groups in total. The van der Waals surface area contributed by atoms with Crippen molar-refractivity contribution in [3.8, 4) is 21.7 Å². The number of hydrogen-bond acceptors (Lipinski definition) is 5. The standard InChI is InChI=1S/C30H26N6S/c1-15(2)29-33-14-22(34-29)17-5-6-19-13-24(37-23(19)12-17)18-7-8-20-21(11-18)25-27(32-10-9-31-25)28-26(20)35-30(36-28)16(3)4/h5-16H,1-4H3,(H,33,34)(H,35,36). The van der Waals surface area contributed by atoms with E-state index in [9.17, 15) is 0 Å². The number of rotatable bonds is 4. The van der Waals surface area contributed by atoms with Crippen molar-refractivity contribution in [2.75, 3.05) is 0 Å². The summed E-state index contributed by atoms with van der Waals surface area (Å²) in [6, 6.07) is 15.5. The Morgan fingerprint density at radius 2 is 1.49 bits per heavy atom. The predicted octanol–water partition coefficient (Wildman–Crippen LogP) is 8.18. The molecule has 0 fully saturated rings. The van der Waals surface area contributed by atoms with Gasteiger partial charge in [-0.15, -0.1) is 11.3 Å². The summed E-state index contributed by atoms with van der Waals surface area (Å²) in [6.07, 6.45) is 5.45. The fourth-order valence-corrected chi connectivity index (χ4v) is 6.07. The smallest absolute Gasteiger partial charge is 0.115 e. The lowest BCUT2D eigenvalue weighted by Crippen LogP contribution is -1.89. The monoisotopic (exact) mass is 502 g/mol. The van der Waals surface area contributed by atoms with Crippen molar-refractivity contribution in [2.24, 2.45) is 0 Å². The molecule has 7 rings (SSSR count). The van der Waals surface area contributed by atoms with Crippen molar-refractivity contribution in [3.63, 3.8) is 0 Å². The van der Waals surface area contributed by atoms with Crippen LogP contribution in [-0.2, 0) is 0 Å². The van der Waals surface area contributed by atoms with Crippen molar-refractivity contribution in [2.45, 2.75) is 39.5 Å². The van der Waals surface area contributed by atoms with Gasteiger partial charge in [0.15, 0.2) is 0 Å². The van der Waals surface area contributed by atoms with Gasteiger partial charge in [0.1, 0.15) is 17.2 Å². The lowest BCUT2D eigenvalue weighted by Gasteiger charge is -2.06. The molecule has 0 radical (unpaired) electrons. The molecule has 0 bridgehead atoms. The maximum Gasteiger partial charge on any atom is 0.115 e. The van der Waals surface area contributed by atoms with Gasteiger partial charge in [-0.05, 0) is 29.1 Å². The fraction of sp³-hybridized carbons (Fsp3) is 0.200. The van der Waals surface area contributed by atoms with E-state index >= 15 is 0 Å². The zero-order chi connectivity index (χ0) is 25.3. The van der Waals surface area contributed by atoms with Crippen LogP contribution >= 0.6 is 11.3 Å². The van der Waals surface area contributed by atoms with Crippen molar-refractivity contribution < 1.29 is 0 Å². The van der Waals surface area contributed by atoms with Gasteiger partial charge >= 0.3 is 0 Å². The Hall–Kier alpha value is -4.10. The molecule has 3 aromatic carbocycles. The van der Waals surface area contributed by atoms with Crippen LogP contribution in [-0.4, -0.2) is 29.9 Å². The molecular weight excluding hydrogens is 476 g/mol. The molecule has 7 aromatic rings. The summed E-state index contributed by atoms with van der Waals surface area (Å²) in [5.74, 6) is 2.66. The zero-order valence-corrected chi connectivity index (χ0v) is 21.9.